The molecule has 0 spiro atoms. The highest BCUT2D eigenvalue weighted by molar-refractivity contribution is 5.77. The van der Waals surface area contributed by atoms with E-state index in [1.165, 1.54) is 0 Å². The fourth-order valence-electron chi connectivity index (χ4n) is 2.54. The predicted molar refractivity (Wildman–Crippen MR) is 89.4 cm³/mol. The van der Waals surface area contributed by atoms with Gasteiger partial charge in [-0.1, -0.05) is 61.5 Å². The van der Waals surface area contributed by atoms with Crippen LogP contribution in [0.4, 0.5) is 0 Å². The first-order valence-corrected chi connectivity index (χ1v) is 7.42. The summed E-state index contributed by atoms with van der Waals surface area (Å²) in [6, 6.07) is 23.2. The molecule has 0 unspecified atom stereocenters. The number of phenols is 1. The average molecular weight is 290 g/mol. The van der Waals surface area contributed by atoms with E-state index in [0.29, 0.717) is 11.5 Å². The van der Waals surface area contributed by atoms with Crippen LogP contribution in [0.1, 0.15) is 12.5 Å². The standard InChI is InChI=1S/C20H18O2/c1-2-15-13-14-18(21)20(22-17-11-7-4-8-12-17)19(15)16-9-5-3-6-10-16/h3-14,21H,2H2,1H3. The molecule has 0 heterocycles. The van der Waals surface area contributed by atoms with Crippen molar-refractivity contribution in [3.63, 3.8) is 0 Å². The summed E-state index contributed by atoms with van der Waals surface area (Å²) in [5, 5.41) is 10.3. The van der Waals surface area contributed by atoms with Gasteiger partial charge in [-0.3, -0.25) is 0 Å². The summed E-state index contributed by atoms with van der Waals surface area (Å²) >= 11 is 0. The van der Waals surface area contributed by atoms with Crippen LogP contribution in [0.3, 0.4) is 0 Å². The van der Waals surface area contributed by atoms with E-state index in [-0.39, 0.29) is 5.75 Å². The van der Waals surface area contributed by atoms with Gasteiger partial charge in [0, 0.05) is 5.56 Å². The fraction of sp³-hybridized carbons (Fsp3) is 0.100. The number of hydrogen-bond donors (Lipinski definition) is 1. The Morgan fingerprint density at radius 1 is 0.818 bits per heavy atom. The Morgan fingerprint density at radius 3 is 2.09 bits per heavy atom. The van der Waals surface area contributed by atoms with Crippen LogP contribution in [0.2, 0.25) is 0 Å². The summed E-state index contributed by atoms with van der Waals surface area (Å²) in [6.45, 7) is 2.10. The number of benzene rings is 3. The molecule has 3 rings (SSSR count). The summed E-state index contributed by atoms with van der Waals surface area (Å²) in [5.41, 5.74) is 3.14. The Kier molecular flexibility index (Phi) is 4.10. The largest absolute Gasteiger partial charge is 0.504 e. The lowest BCUT2D eigenvalue weighted by molar-refractivity contribution is 0.412. The first-order valence-electron chi connectivity index (χ1n) is 7.42. The molecule has 0 aliphatic heterocycles. The molecule has 3 aromatic carbocycles. The lowest BCUT2D eigenvalue weighted by Gasteiger charge is -2.16. The average Bonchev–Trinajstić information content (AvgIpc) is 2.58. The van der Waals surface area contributed by atoms with Crippen molar-refractivity contribution in [2.24, 2.45) is 0 Å². The molecule has 0 fully saturated rings. The summed E-state index contributed by atoms with van der Waals surface area (Å²) in [7, 11) is 0. The van der Waals surface area contributed by atoms with Crippen LogP contribution in [0.5, 0.6) is 17.2 Å². The Balaban J connectivity index is 2.16. The number of hydrogen-bond acceptors (Lipinski definition) is 2. The quantitative estimate of drug-likeness (QED) is 0.695. The molecule has 0 radical (unpaired) electrons. The lowest BCUT2D eigenvalue weighted by Crippen LogP contribution is -1.94. The van der Waals surface area contributed by atoms with Crippen LogP contribution in [0, 0.1) is 0 Å². The second kappa shape index (κ2) is 6.35. The van der Waals surface area contributed by atoms with Gasteiger partial charge in [0.2, 0.25) is 0 Å². The molecule has 0 aliphatic rings. The van der Waals surface area contributed by atoms with E-state index in [4.69, 9.17) is 4.74 Å². The van der Waals surface area contributed by atoms with Crippen LogP contribution in [0.15, 0.2) is 72.8 Å². The molecule has 0 atom stereocenters. The summed E-state index contributed by atoms with van der Waals surface area (Å²) in [6.07, 6.45) is 0.871. The first kappa shape index (κ1) is 14.2. The number of aryl methyl sites for hydroxylation is 1. The predicted octanol–water partition coefficient (Wildman–Crippen LogP) is 5.41. The Labute approximate surface area is 130 Å². The van der Waals surface area contributed by atoms with Gasteiger partial charge in [-0.05, 0) is 35.7 Å². The van der Waals surface area contributed by atoms with E-state index >= 15 is 0 Å². The Morgan fingerprint density at radius 2 is 1.45 bits per heavy atom. The van der Waals surface area contributed by atoms with Gasteiger partial charge in [0.1, 0.15) is 5.75 Å². The highest BCUT2D eigenvalue weighted by atomic mass is 16.5. The maximum atomic E-state index is 10.3. The molecule has 0 amide bonds. The third-order valence-corrected chi connectivity index (χ3v) is 3.63. The third-order valence-electron chi connectivity index (χ3n) is 3.63. The highest BCUT2D eigenvalue weighted by Gasteiger charge is 2.16. The van der Waals surface area contributed by atoms with Gasteiger partial charge in [-0.25, -0.2) is 0 Å². The van der Waals surface area contributed by atoms with E-state index in [2.05, 4.69) is 6.92 Å². The molecular formula is C20H18O2. The van der Waals surface area contributed by atoms with Crippen LogP contribution < -0.4 is 4.74 Å². The number of rotatable bonds is 4. The molecule has 0 saturated carbocycles. The normalized spacial score (nSPS) is 10.4. The summed E-state index contributed by atoms with van der Waals surface area (Å²) in [4.78, 5) is 0. The number of para-hydroxylation sites is 1. The molecule has 0 aromatic heterocycles. The molecule has 0 bridgehead atoms. The van der Waals surface area contributed by atoms with Gasteiger partial charge in [0.05, 0.1) is 0 Å². The lowest BCUT2D eigenvalue weighted by atomic mass is 9.96. The molecule has 110 valence electrons. The SMILES string of the molecule is CCc1ccc(O)c(Oc2ccccc2)c1-c1ccccc1. The van der Waals surface area contributed by atoms with Gasteiger partial charge in [0.15, 0.2) is 11.5 Å². The second-order valence-electron chi connectivity index (χ2n) is 5.08. The monoisotopic (exact) mass is 290 g/mol. The van der Waals surface area contributed by atoms with E-state index in [9.17, 15) is 5.11 Å². The fourth-order valence-corrected chi connectivity index (χ4v) is 2.54. The molecule has 1 N–H and O–H groups in total. The minimum Gasteiger partial charge on any atom is -0.504 e. The van der Waals surface area contributed by atoms with Crippen molar-refractivity contribution >= 4 is 0 Å². The molecule has 2 nitrogen and oxygen atoms in total. The van der Waals surface area contributed by atoms with Gasteiger partial charge < -0.3 is 9.84 Å². The van der Waals surface area contributed by atoms with Crippen molar-refractivity contribution in [2.75, 3.05) is 0 Å². The van der Waals surface area contributed by atoms with Gasteiger partial charge >= 0.3 is 0 Å². The number of ether oxygens (including phenoxy) is 1. The van der Waals surface area contributed by atoms with Crippen molar-refractivity contribution < 1.29 is 9.84 Å². The van der Waals surface area contributed by atoms with Crippen LogP contribution in [0.25, 0.3) is 11.1 Å². The molecule has 2 heteroatoms. The van der Waals surface area contributed by atoms with Crippen LogP contribution >= 0.6 is 0 Å². The smallest absolute Gasteiger partial charge is 0.177 e. The number of phenolic OH excluding ortho intramolecular Hbond substituents is 1. The maximum Gasteiger partial charge on any atom is 0.177 e. The zero-order chi connectivity index (χ0) is 15.4. The molecule has 22 heavy (non-hydrogen) atoms. The third kappa shape index (κ3) is 2.82. The molecule has 0 aliphatic carbocycles. The van der Waals surface area contributed by atoms with Crippen molar-refractivity contribution in [2.45, 2.75) is 13.3 Å². The minimum atomic E-state index is 0.153. The first-order chi connectivity index (χ1) is 10.8. The molecular weight excluding hydrogens is 272 g/mol. The second-order valence-corrected chi connectivity index (χ2v) is 5.08. The van der Waals surface area contributed by atoms with Gasteiger partial charge in [-0.2, -0.15) is 0 Å². The van der Waals surface area contributed by atoms with E-state index < -0.39 is 0 Å². The van der Waals surface area contributed by atoms with Crippen molar-refractivity contribution in [3.8, 4) is 28.4 Å². The van der Waals surface area contributed by atoms with E-state index in [1.54, 1.807) is 6.07 Å². The molecule has 0 saturated heterocycles. The van der Waals surface area contributed by atoms with Crippen LogP contribution in [-0.2, 0) is 6.42 Å². The van der Waals surface area contributed by atoms with E-state index in [1.807, 2.05) is 66.7 Å². The highest BCUT2D eigenvalue weighted by Crippen LogP contribution is 2.42. The van der Waals surface area contributed by atoms with Crippen molar-refractivity contribution in [1.82, 2.24) is 0 Å². The summed E-state index contributed by atoms with van der Waals surface area (Å²) in [5.74, 6) is 1.37. The minimum absolute atomic E-state index is 0.153. The van der Waals surface area contributed by atoms with Gasteiger partial charge in [0.25, 0.3) is 0 Å². The maximum absolute atomic E-state index is 10.3. The Hall–Kier alpha value is -2.74. The zero-order valence-electron chi connectivity index (χ0n) is 12.5. The molecule has 3 aromatic rings. The number of aromatic hydroxyl groups is 1. The Bertz CT molecular complexity index is 749. The summed E-state index contributed by atoms with van der Waals surface area (Å²) < 4.78 is 5.99. The topological polar surface area (TPSA) is 29.5 Å². The zero-order valence-corrected chi connectivity index (χ0v) is 12.5. The van der Waals surface area contributed by atoms with Crippen LogP contribution in [-0.4, -0.2) is 5.11 Å². The van der Waals surface area contributed by atoms with E-state index in [0.717, 1.165) is 23.1 Å². The van der Waals surface area contributed by atoms with Crippen molar-refractivity contribution in [1.29, 1.82) is 0 Å². The van der Waals surface area contributed by atoms with Gasteiger partial charge in [-0.15, -0.1) is 0 Å². The van der Waals surface area contributed by atoms with Crippen molar-refractivity contribution in [3.05, 3.63) is 78.4 Å².